The van der Waals surface area contributed by atoms with Gasteiger partial charge in [0.05, 0.1) is 42.7 Å². The fourth-order valence-corrected chi connectivity index (χ4v) is 4.60. The second-order valence-electron chi connectivity index (χ2n) is 8.59. The van der Waals surface area contributed by atoms with E-state index in [0.29, 0.717) is 31.1 Å². The molecule has 0 spiro atoms. The highest BCUT2D eigenvalue weighted by molar-refractivity contribution is 6.07. The van der Waals surface area contributed by atoms with Crippen molar-refractivity contribution in [2.24, 2.45) is 5.73 Å². The lowest BCUT2D eigenvalue weighted by molar-refractivity contribution is 0.102. The summed E-state index contributed by atoms with van der Waals surface area (Å²) < 4.78 is 5.44. The summed E-state index contributed by atoms with van der Waals surface area (Å²) in [7, 11) is 6.10. The van der Waals surface area contributed by atoms with E-state index in [4.69, 9.17) is 24.2 Å². The second-order valence-corrected chi connectivity index (χ2v) is 8.59. The normalized spacial score (nSPS) is 18.2. The Morgan fingerprint density at radius 3 is 2.83 bits per heavy atom. The molecule has 1 saturated heterocycles. The number of nitrogen functional groups attached to an aromatic ring is 1. The summed E-state index contributed by atoms with van der Waals surface area (Å²) in [5.74, 6) is -0.387. The largest absolute Gasteiger partial charge is 0.382 e. The van der Waals surface area contributed by atoms with Crippen LogP contribution >= 0.6 is 0 Å². The van der Waals surface area contributed by atoms with Crippen LogP contribution in [-0.4, -0.2) is 73.0 Å². The first-order valence-electron chi connectivity index (χ1n) is 11.6. The maximum Gasteiger partial charge on any atom is 0.278 e. The van der Waals surface area contributed by atoms with Gasteiger partial charge in [0.1, 0.15) is 0 Å². The van der Waals surface area contributed by atoms with E-state index in [1.165, 1.54) is 0 Å². The number of ether oxygens (including phenoxy) is 1. The third kappa shape index (κ3) is 4.70. The number of morpholine rings is 1. The molecule has 10 nitrogen and oxygen atoms in total. The molecule has 1 atom stereocenters. The van der Waals surface area contributed by atoms with Crippen molar-refractivity contribution in [1.29, 1.82) is 0 Å². The van der Waals surface area contributed by atoms with Crippen LogP contribution < -0.4 is 21.7 Å². The van der Waals surface area contributed by atoms with Crippen molar-refractivity contribution in [2.45, 2.75) is 12.5 Å². The molecule has 2 aliphatic rings. The summed E-state index contributed by atoms with van der Waals surface area (Å²) in [6, 6.07) is 7.87. The molecule has 1 unspecified atom stereocenters. The van der Waals surface area contributed by atoms with Crippen LogP contribution in [0.4, 0.5) is 17.2 Å². The molecule has 2 radical (unpaired) electrons. The lowest BCUT2D eigenvalue weighted by Gasteiger charge is -2.34. The van der Waals surface area contributed by atoms with Gasteiger partial charge in [-0.2, -0.15) is 0 Å². The van der Waals surface area contributed by atoms with Gasteiger partial charge in [-0.05, 0) is 36.2 Å². The number of hydrogen-bond acceptors (Lipinski definition) is 9. The molecule has 1 amide bonds. The van der Waals surface area contributed by atoms with Gasteiger partial charge in [0.15, 0.2) is 19.5 Å². The molecular weight excluding hydrogens is 443 g/mol. The van der Waals surface area contributed by atoms with Crippen molar-refractivity contribution in [3.8, 4) is 11.3 Å². The van der Waals surface area contributed by atoms with Crippen molar-refractivity contribution in [2.75, 3.05) is 55.3 Å². The van der Waals surface area contributed by atoms with E-state index < -0.39 is 5.91 Å². The summed E-state index contributed by atoms with van der Waals surface area (Å²) in [4.78, 5) is 30.1. The van der Waals surface area contributed by atoms with Gasteiger partial charge >= 0.3 is 0 Å². The molecule has 0 saturated carbocycles. The van der Waals surface area contributed by atoms with Crippen LogP contribution in [0.2, 0.25) is 0 Å². The predicted molar refractivity (Wildman–Crippen MR) is 135 cm³/mol. The van der Waals surface area contributed by atoms with Gasteiger partial charge < -0.3 is 31.2 Å². The Hall–Kier alpha value is -3.54. The highest BCUT2D eigenvalue weighted by Gasteiger charge is 2.24. The summed E-state index contributed by atoms with van der Waals surface area (Å²) in [6.07, 6.45) is 5.70. The number of hydrogen-bond donors (Lipinski definition) is 3. The van der Waals surface area contributed by atoms with Gasteiger partial charge in [0.25, 0.3) is 5.91 Å². The molecule has 2 aliphatic heterocycles. The van der Waals surface area contributed by atoms with E-state index >= 15 is 0 Å². The van der Waals surface area contributed by atoms with Gasteiger partial charge in [-0.25, -0.2) is 9.97 Å². The Bertz CT molecular complexity index is 1230. The van der Waals surface area contributed by atoms with E-state index in [1.807, 2.05) is 18.2 Å². The van der Waals surface area contributed by atoms with Crippen molar-refractivity contribution < 1.29 is 9.53 Å². The fourth-order valence-electron chi connectivity index (χ4n) is 4.60. The molecule has 1 aromatic carbocycles. The standard InChI is InChI=1S/C24H27BN8O2/c25-33-6-4-15-11-16(1-2-17(15)21(33)12-26)18-14-29-23(27)22(30-18)24(34)31-19-13-28-5-3-20(19)32-7-9-35-10-8-32/h1-3,5,11,13-14,21H,4,6-10,12,26H2,(H2,27,29)(H,31,34). The first-order chi connectivity index (χ1) is 17.0. The number of aromatic nitrogens is 3. The van der Waals surface area contributed by atoms with Crippen LogP contribution in [0.3, 0.4) is 0 Å². The van der Waals surface area contributed by atoms with Crippen LogP contribution in [0.25, 0.3) is 11.3 Å². The van der Waals surface area contributed by atoms with E-state index in [2.05, 4.69) is 31.2 Å². The van der Waals surface area contributed by atoms with Gasteiger partial charge in [-0.15, -0.1) is 0 Å². The number of nitrogens with one attached hydrogen (secondary N) is 1. The molecule has 0 bridgehead atoms. The number of rotatable bonds is 5. The predicted octanol–water partition coefficient (Wildman–Crippen LogP) is 1.15. The first kappa shape index (κ1) is 23.2. The average molecular weight is 470 g/mol. The van der Waals surface area contributed by atoms with Crippen LogP contribution in [0.15, 0.2) is 42.9 Å². The fraction of sp³-hybridized carbons (Fsp3) is 0.333. The zero-order valence-corrected chi connectivity index (χ0v) is 19.4. The quantitative estimate of drug-likeness (QED) is 0.469. The minimum atomic E-state index is -0.445. The molecule has 11 heteroatoms. The number of nitrogens with two attached hydrogens (primary N) is 2. The number of nitrogens with zero attached hydrogens (tertiary/aromatic N) is 5. The summed E-state index contributed by atoms with van der Waals surface area (Å²) >= 11 is 0. The monoisotopic (exact) mass is 470 g/mol. The SMILES string of the molecule is [B]N1CCc2cc(-c3cnc(N)c(C(=O)Nc4cnccc4N4CCOCC4)n3)ccc2C1CN. The van der Waals surface area contributed by atoms with Crippen molar-refractivity contribution in [1.82, 2.24) is 19.8 Å². The number of anilines is 3. The van der Waals surface area contributed by atoms with Gasteiger partial charge in [-0.1, -0.05) is 12.1 Å². The Labute approximate surface area is 205 Å². The number of benzene rings is 1. The number of pyridine rings is 1. The molecule has 178 valence electrons. The minimum absolute atomic E-state index is 0.0215. The van der Waals surface area contributed by atoms with Crippen molar-refractivity contribution >= 4 is 31.1 Å². The summed E-state index contributed by atoms with van der Waals surface area (Å²) in [5, 5.41) is 2.91. The smallest absolute Gasteiger partial charge is 0.278 e. The van der Waals surface area contributed by atoms with E-state index in [9.17, 15) is 4.79 Å². The molecule has 0 aliphatic carbocycles. The molecule has 35 heavy (non-hydrogen) atoms. The molecule has 2 aromatic heterocycles. The maximum atomic E-state index is 13.2. The lowest BCUT2D eigenvalue weighted by atomic mass is 9.88. The van der Waals surface area contributed by atoms with E-state index in [1.54, 1.807) is 23.4 Å². The van der Waals surface area contributed by atoms with Crippen LogP contribution in [0, 0.1) is 0 Å². The number of carbonyl (C=O) groups excluding carboxylic acids is 1. The highest BCUT2D eigenvalue weighted by Crippen LogP contribution is 2.31. The Kier molecular flexibility index (Phi) is 6.62. The maximum absolute atomic E-state index is 13.2. The highest BCUT2D eigenvalue weighted by atomic mass is 16.5. The molecule has 5 N–H and O–H groups in total. The number of carbonyl (C=O) groups is 1. The average Bonchev–Trinajstić information content (AvgIpc) is 2.89. The number of fused-ring (bicyclic) bond motifs is 1. The molecule has 1 fully saturated rings. The Morgan fingerprint density at radius 2 is 2.03 bits per heavy atom. The third-order valence-corrected chi connectivity index (χ3v) is 6.47. The van der Waals surface area contributed by atoms with E-state index in [-0.39, 0.29) is 17.6 Å². The van der Waals surface area contributed by atoms with Crippen LogP contribution in [0.5, 0.6) is 0 Å². The lowest BCUT2D eigenvalue weighted by Crippen LogP contribution is -2.37. The van der Waals surface area contributed by atoms with E-state index in [0.717, 1.165) is 48.4 Å². The van der Waals surface area contributed by atoms with Gasteiger partial charge in [0.2, 0.25) is 0 Å². The third-order valence-electron chi connectivity index (χ3n) is 6.47. The Morgan fingerprint density at radius 1 is 1.20 bits per heavy atom. The second kappa shape index (κ2) is 9.99. The zero-order chi connectivity index (χ0) is 24.4. The number of amides is 1. The Balaban J connectivity index is 1.41. The summed E-state index contributed by atoms with van der Waals surface area (Å²) in [5.41, 5.74) is 17.2. The van der Waals surface area contributed by atoms with Gasteiger partial charge in [0, 0.05) is 37.4 Å². The summed E-state index contributed by atoms with van der Waals surface area (Å²) in [6.45, 7) is 3.88. The van der Waals surface area contributed by atoms with Crippen LogP contribution in [-0.2, 0) is 11.2 Å². The molecule has 4 heterocycles. The van der Waals surface area contributed by atoms with Crippen LogP contribution in [0.1, 0.15) is 27.7 Å². The van der Waals surface area contributed by atoms with Crippen molar-refractivity contribution in [3.63, 3.8) is 0 Å². The zero-order valence-electron chi connectivity index (χ0n) is 19.4. The first-order valence-corrected chi connectivity index (χ1v) is 11.6. The molecule has 3 aromatic rings. The molecular formula is C24H27BN8O2. The van der Waals surface area contributed by atoms with Crippen molar-refractivity contribution in [3.05, 3.63) is 59.7 Å². The minimum Gasteiger partial charge on any atom is -0.382 e. The topological polar surface area (TPSA) is 136 Å². The molecule has 5 rings (SSSR count). The van der Waals surface area contributed by atoms with Gasteiger partial charge in [-0.3, -0.25) is 9.78 Å².